The van der Waals surface area contributed by atoms with Gasteiger partial charge in [0.15, 0.2) is 0 Å². The number of hydrogen-bond donors (Lipinski definition) is 0. The number of anilines is 6. The van der Waals surface area contributed by atoms with Crippen LogP contribution in [0.4, 0.5) is 34.1 Å². The summed E-state index contributed by atoms with van der Waals surface area (Å²) in [6.45, 7) is 0. The molecule has 0 aliphatic rings. The average molecular weight is 703 g/mol. The van der Waals surface area contributed by atoms with E-state index in [1.54, 1.807) is 0 Å². The fourth-order valence-corrected chi connectivity index (χ4v) is 8.56. The van der Waals surface area contributed by atoms with Gasteiger partial charge < -0.3 is 14.2 Å². The molecule has 0 atom stereocenters. The van der Waals surface area contributed by atoms with Crippen LogP contribution in [0, 0.1) is 0 Å². The Labute approximate surface area is 318 Å². The highest BCUT2D eigenvalue weighted by Gasteiger charge is 2.22. The molecule has 3 nitrogen and oxygen atoms in total. The van der Waals surface area contributed by atoms with E-state index in [2.05, 4.69) is 216 Å². The summed E-state index contributed by atoms with van der Waals surface area (Å²) < 4.78 is 6.97. The Bertz CT molecular complexity index is 3040. The zero-order valence-electron chi connectivity index (χ0n) is 29.9. The second-order valence-corrected chi connectivity index (χ2v) is 14.1. The molecule has 11 rings (SSSR count). The molecule has 3 heteroatoms. The Morgan fingerprint density at radius 3 is 1.40 bits per heavy atom. The van der Waals surface area contributed by atoms with Crippen molar-refractivity contribution in [2.75, 3.05) is 9.80 Å². The second kappa shape index (κ2) is 12.6. The number of rotatable bonds is 7. The van der Waals surface area contributed by atoms with Crippen LogP contribution in [-0.2, 0) is 0 Å². The van der Waals surface area contributed by atoms with Gasteiger partial charge >= 0.3 is 0 Å². The third-order valence-electron chi connectivity index (χ3n) is 10.9. The number of fused-ring (bicyclic) bond motifs is 5. The van der Waals surface area contributed by atoms with Crippen molar-refractivity contribution in [3.05, 3.63) is 206 Å². The van der Waals surface area contributed by atoms with Gasteiger partial charge in [-0.05, 0) is 112 Å². The predicted molar refractivity (Wildman–Crippen MR) is 232 cm³/mol. The van der Waals surface area contributed by atoms with Crippen LogP contribution in [0.25, 0.3) is 65.4 Å². The van der Waals surface area contributed by atoms with Gasteiger partial charge in [0.2, 0.25) is 0 Å². The summed E-state index contributed by atoms with van der Waals surface area (Å²) in [4.78, 5) is 4.59. The molecule has 0 amide bonds. The molecule has 11 aromatic rings. The van der Waals surface area contributed by atoms with Crippen molar-refractivity contribution in [1.29, 1.82) is 0 Å². The number of nitrogens with zero attached hydrogens (tertiary/aromatic N) is 2. The Morgan fingerprint density at radius 2 is 0.800 bits per heavy atom. The lowest BCUT2D eigenvalue weighted by atomic mass is 9.87. The summed E-state index contributed by atoms with van der Waals surface area (Å²) in [5.41, 5.74) is 10.8. The third-order valence-corrected chi connectivity index (χ3v) is 10.9. The average Bonchev–Trinajstić information content (AvgIpc) is 3.65. The van der Waals surface area contributed by atoms with E-state index in [1.165, 1.54) is 38.1 Å². The van der Waals surface area contributed by atoms with Crippen LogP contribution in [0.15, 0.2) is 211 Å². The molecular formula is C52H34N2O. The third kappa shape index (κ3) is 5.05. The van der Waals surface area contributed by atoms with Gasteiger partial charge in [0.1, 0.15) is 11.2 Å². The van der Waals surface area contributed by atoms with Crippen LogP contribution in [0.2, 0.25) is 0 Å². The van der Waals surface area contributed by atoms with Gasteiger partial charge in [0, 0.05) is 61.7 Å². The minimum atomic E-state index is 0.873. The lowest BCUT2D eigenvalue weighted by Crippen LogP contribution is -2.09. The van der Waals surface area contributed by atoms with Crippen molar-refractivity contribution in [2.45, 2.75) is 0 Å². The molecule has 0 fully saturated rings. The molecule has 1 aromatic heterocycles. The molecular weight excluding hydrogens is 669 g/mol. The van der Waals surface area contributed by atoms with Crippen molar-refractivity contribution < 1.29 is 4.42 Å². The van der Waals surface area contributed by atoms with Crippen molar-refractivity contribution in [3.63, 3.8) is 0 Å². The highest BCUT2D eigenvalue weighted by molar-refractivity contribution is 6.38. The Morgan fingerprint density at radius 1 is 0.309 bits per heavy atom. The number of furan rings is 1. The van der Waals surface area contributed by atoms with E-state index in [-0.39, 0.29) is 0 Å². The van der Waals surface area contributed by atoms with Crippen molar-refractivity contribution >= 4 is 88.4 Å². The summed E-state index contributed by atoms with van der Waals surface area (Å²) in [5.74, 6) is 0. The molecule has 0 radical (unpaired) electrons. The molecule has 0 N–H and O–H groups in total. The van der Waals surface area contributed by atoms with Crippen LogP contribution in [-0.4, -0.2) is 0 Å². The van der Waals surface area contributed by atoms with E-state index in [4.69, 9.17) is 4.42 Å². The van der Waals surface area contributed by atoms with E-state index < -0.39 is 0 Å². The van der Waals surface area contributed by atoms with E-state index >= 15 is 0 Å². The predicted octanol–water partition coefficient (Wildman–Crippen LogP) is 15.1. The standard InChI is InChI=1S/C52H34N2O/c1-5-16-37(17-6-1)53(38-18-7-2-8-19-38)41-29-27-35(28-30-41)47-33-36-15-13-25-45-49(36)50-43(47)24-14-26-46(50)52-51(45)44-32-31-42(34-48(44)55-52)54(39-20-9-3-10-21-39)40-22-11-4-12-23-40/h1-34H. The van der Waals surface area contributed by atoms with Gasteiger partial charge in [-0.25, -0.2) is 0 Å². The fraction of sp³-hybridized carbons (Fsp3) is 0. The quantitative estimate of drug-likeness (QED) is 0.154. The van der Waals surface area contributed by atoms with Crippen LogP contribution in [0.5, 0.6) is 0 Å². The molecule has 0 aliphatic carbocycles. The monoisotopic (exact) mass is 702 g/mol. The minimum Gasteiger partial charge on any atom is -0.455 e. The van der Waals surface area contributed by atoms with E-state index in [0.29, 0.717) is 0 Å². The topological polar surface area (TPSA) is 19.6 Å². The molecule has 0 bridgehead atoms. The first kappa shape index (κ1) is 31.2. The Hall–Kier alpha value is -7.36. The Kier molecular flexibility index (Phi) is 7.17. The van der Waals surface area contributed by atoms with Gasteiger partial charge in [-0.15, -0.1) is 0 Å². The number of benzene rings is 10. The van der Waals surface area contributed by atoms with Gasteiger partial charge in [-0.3, -0.25) is 0 Å². The number of hydrogen-bond acceptors (Lipinski definition) is 3. The lowest BCUT2D eigenvalue weighted by molar-refractivity contribution is 0.673. The SMILES string of the molecule is c1ccc(N(c2ccccc2)c2ccc(-c3cc4cccc5c6c7ccc(N(c8ccccc8)c8ccccc8)cc7oc6c6cccc3c6c45)cc2)cc1. The summed E-state index contributed by atoms with van der Waals surface area (Å²) in [6, 6.07) is 73.5. The minimum absolute atomic E-state index is 0.873. The molecule has 1 heterocycles. The van der Waals surface area contributed by atoms with Gasteiger partial charge in [0.25, 0.3) is 0 Å². The normalized spacial score (nSPS) is 11.6. The fourth-order valence-electron chi connectivity index (χ4n) is 8.56. The van der Waals surface area contributed by atoms with Crippen molar-refractivity contribution in [1.82, 2.24) is 0 Å². The van der Waals surface area contributed by atoms with Crippen LogP contribution < -0.4 is 9.80 Å². The largest absolute Gasteiger partial charge is 0.455 e. The van der Waals surface area contributed by atoms with Crippen LogP contribution >= 0.6 is 0 Å². The summed E-state index contributed by atoms with van der Waals surface area (Å²) in [7, 11) is 0. The summed E-state index contributed by atoms with van der Waals surface area (Å²) >= 11 is 0. The number of para-hydroxylation sites is 4. The molecule has 0 saturated heterocycles. The molecule has 55 heavy (non-hydrogen) atoms. The molecule has 0 unspecified atom stereocenters. The Balaban J connectivity index is 1.09. The van der Waals surface area contributed by atoms with E-state index in [9.17, 15) is 0 Å². The first-order chi connectivity index (χ1) is 27.3. The van der Waals surface area contributed by atoms with E-state index in [0.717, 1.165) is 61.4 Å². The van der Waals surface area contributed by atoms with Gasteiger partial charge in [0.05, 0.1) is 0 Å². The summed E-state index contributed by atoms with van der Waals surface area (Å²) in [5, 5.41) is 9.60. The van der Waals surface area contributed by atoms with Crippen molar-refractivity contribution in [2.24, 2.45) is 0 Å². The van der Waals surface area contributed by atoms with Gasteiger partial charge in [-0.1, -0.05) is 121 Å². The second-order valence-electron chi connectivity index (χ2n) is 14.1. The highest BCUT2D eigenvalue weighted by Crippen LogP contribution is 2.48. The maximum Gasteiger partial charge on any atom is 0.143 e. The zero-order valence-corrected chi connectivity index (χ0v) is 29.9. The lowest BCUT2D eigenvalue weighted by Gasteiger charge is -2.25. The van der Waals surface area contributed by atoms with Crippen molar-refractivity contribution in [3.8, 4) is 11.1 Å². The molecule has 0 aliphatic heterocycles. The molecule has 10 aromatic carbocycles. The smallest absolute Gasteiger partial charge is 0.143 e. The maximum atomic E-state index is 6.97. The van der Waals surface area contributed by atoms with Gasteiger partial charge in [-0.2, -0.15) is 0 Å². The highest BCUT2D eigenvalue weighted by atomic mass is 16.3. The molecule has 0 spiro atoms. The maximum absolute atomic E-state index is 6.97. The first-order valence-corrected chi connectivity index (χ1v) is 18.8. The van der Waals surface area contributed by atoms with Crippen LogP contribution in [0.1, 0.15) is 0 Å². The molecule has 258 valence electrons. The summed E-state index contributed by atoms with van der Waals surface area (Å²) in [6.07, 6.45) is 0. The molecule has 0 saturated carbocycles. The first-order valence-electron chi connectivity index (χ1n) is 18.8. The zero-order chi connectivity index (χ0) is 36.3. The van der Waals surface area contributed by atoms with E-state index in [1.807, 2.05) is 0 Å². The van der Waals surface area contributed by atoms with Crippen LogP contribution in [0.3, 0.4) is 0 Å².